The lowest BCUT2D eigenvalue weighted by atomic mass is 10.1. The van der Waals surface area contributed by atoms with Crippen molar-refractivity contribution in [3.05, 3.63) is 50.5 Å². The van der Waals surface area contributed by atoms with Gasteiger partial charge in [0.15, 0.2) is 0 Å². The maximum atomic E-state index is 12.4. The summed E-state index contributed by atoms with van der Waals surface area (Å²) in [6.45, 7) is 4.64. The monoisotopic (exact) mass is 316 g/mol. The molecule has 1 amide bonds. The van der Waals surface area contributed by atoms with Gasteiger partial charge in [0, 0.05) is 15.0 Å². The first-order valence-electron chi connectivity index (χ1n) is 6.66. The molecule has 0 fully saturated rings. The minimum atomic E-state index is -0.0964. The highest BCUT2D eigenvalue weighted by Crippen LogP contribution is 2.35. The van der Waals surface area contributed by atoms with E-state index in [0.29, 0.717) is 17.1 Å². The van der Waals surface area contributed by atoms with E-state index in [1.54, 1.807) is 11.3 Å². The minimum absolute atomic E-state index is 0.0964. The van der Waals surface area contributed by atoms with E-state index in [9.17, 15) is 4.79 Å². The second kappa shape index (κ2) is 5.50. The number of benzene rings is 1. The molecule has 3 nitrogen and oxygen atoms in total. The molecule has 0 aliphatic heterocycles. The molecule has 1 aromatic carbocycles. The summed E-state index contributed by atoms with van der Waals surface area (Å²) >= 11 is 3.12. The van der Waals surface area contributed by atoms with Gasteiger partial charge >= 0.3 is 0 Å². The van der Waals surface area contributed by atoms with Crippen molar-refractivity contribution in [3.63, 3.8) is 0 Å². The van der Waals surface area contributed by atoms with Crippen molar-refractivity contribution in [1.82, 2.24) is 5.32 Å². The van der Waals surface area contributed by atoms with Crippen LogP contribution in [0.4, 0.5) is 5.69 Å². The van der Waals surface area contributed by atoms with Crippen molar-refractivity contribution in [2.45, 2.75) is 20.4 Å². The van der Waals surface area contributed by atoms with E-state index in [0.717, 1.165) is 15.6 Å². The molecule has 3 aromatic rings. The summed E-state index contributed by atoms with van der Waals surface area (Å²) < 4.78 is 1.09. The first-order chi connectivity index (χ1) is 10.1. The molecule has 21 heavy (non-hydrogen) atoms. The first-order valence-corrected chi connectivity index (χ1v) is 8.36. The normalized spacial score (nSPS) is 11.0. The van der Waals surface area contributed by atoms with Crippen LogP contribution in [-0.4, -0.2) is 5.91 Å². The maximum Gasteiger partial charge on any atom is 0.263 e. The summed E-state index contributed by atoms with van der Waals surface area (Å²) in [7, 11) is 0. The number of anilines is 1. The van der Waals surface area contributed by atoms with Crippen molar-refractivity contribution >= 4 is 44.4 Å². The number of rotatable bonds is 3. The van der Waals surface area contributed by atoms with Crippen LogP contribution in [0.25, 0.3) is 10.1 Å². The number of hydrogen-bond acceptors (Lipinski definition) is 4. The molecule has 3 rings (SSSR count). The van der Waals surface area contributed by atoms with E-state index in [4.69, 9.17) is 5.73 Å². The molecule has 108 valence electrons. The van der Waals surface area contributed by atoms with Gasteiger partial charge in [-0.3, -0.25) is 4.79 Å². The molecule has 0 spiro atoms. The summed E-state index contributed by atoms with van der Waals surface area (Å²) in [5.74, 6) is -0.0964. The number of nitrogen functional groups attached to an aromatic ring is 1. The molecule has 0 bridgehead atoms. The Kier molecular flexibility index (Phi) is 3.69. The Balaban J connectivity index is 1.86. The van der Waals surface area contributed by atoms with E-state index >= 15 is 0 Å². The van der Waals surface area contributed by atoms with E-state index in [2.05, 4.69) is 18.3 Å². The second-order valence-electron chi connectivity index (χ2n) is 5.01. The molecule has 0 unspecified atom stereocenters. The lowest BCUT2D eigenvalue weighted by Crippen LogP contribution is -2.22. The van der Waals surface area contributed by atoms with Gasteiger partial charge in [0.2, 0.25) is 0 Å². The highest BCUT2D eigenvalue weighted by atomic mass is 32.1. The summed E-state index contributed by atoms with van der Waals surface area (Å²) in [6, 6.07) is 8.03. The third kappa shape index (κ3) is 2.54. The smallest absolute Gasteiger partial charge is 0.263 e. The lowest BCUT2D eigenvalue weighted by Gasteiger charge is -2.03. The van der Waals surface area contributed by atoms with Crippen LogP contribution in [0.1, 0.15) is 25.7 Å². The van der Waals surface area contributed by atoms with Crippen LogP contribution in [0, 0.1) is 13.8 Å². The van der Waals surface area contributed by atoms with Gasteiger partial charge in [0.1, 0.15) is 4.88 Å². The summed E-state index contributed by atoms with van der Waals surface area (Å²) in [6.07, 6.45) is 0. The van der Waals surface area contributed by atoms with Gasteiger partial charge < -0.3 is 11.1 Å². The average molecular weight is 316 g/mol. The standard InChI is InChI=1S/C16H16N2OS2/c1-9-6-7-20-12(9)8-18-16(19)15-13(17)11-5-3-4-10(2)14(11)21-15/h3-7H,8,17H2,1-2H3,(H,18,19). The van der Waals surface area contributed by atoms with Crippen molar-refractivity contribution in [3.8, 4) is 0 Å². The number of hydrogen-bond donors (Lipinski definition) is 2. The summed E-state index contributed by atoms with van der Waals surface area (Å²) in [5, 5.41) is 5.97. The van der Waals surface area contributed by atoms with Crippen LogP contribution < -0.4 is 11.1 Å². The zero-order valence-electron chi connectivity index (χ0n) is 11.9. The lowest BCUT2D eigenvalue weighted by molar-refractivity contribution is 0.0956. The number of aryl methyl sites for hydroxylation is 2. The third-order valence-electron chi connectivity index (χ3n) is 3.53. The Morgan fingerprint density at radius 1 is 1.24 bits per heavy atom. The number of carbonyl (C=O) groups is 1. The summed E-state index contributed by atoms with van der Waals surface area (Å²) in [4.78, 5) is 14.2. The van der Waals surface area contributed by atoms with Crippen LogP contribution in [0.5, 0.6) is 0 Å². The number of nitrogens with two attached hydrogens (primary N) is 1. The van der Waals surface area contributed by atoms with Crippen LogP contribution in [0.2, 0.25) is 0 Å². The predicted octanol–water partition coefficient (Wildman–Crippen LogP) is 4.09. The molecule has 0 radical (unpaired) electrons. The molecular weight excluding hydrogens is 300 g/mol. The number of carbonyl (C=O) groups excluding carboxylic acids is 1. The zero-order chi connectivity index (χ0) is 15.0. The SMILES string of the molecule is Cc1ccsc1CNC(=O)c1sc2c(C)cccc2c1N. The van der Waals surface area contributed by atoms with Gasteiger partial charge in [-0.05, 0) is 36.4 Å². The van der Waals surface area contributed by atoms with Gasteiger partial charge in [0.25, 0.3) is 5.91 Å². The fourth-order valence-corrected chi connectivity index (χ4v) is 4.23. The van der Waals surface area contributed by atoms with Crippen molar-refractivity contribution < 1.29 is 4.79 Å². The second-order valence-corrected chi connectivity index (χ2v) is 7.03. The van der Waals surface area contributed by atoms with Crippen molar-refractivity contribution in [1.29, 1.82) is 0 Å². The quantitative estimate of drug-likeness (QED) is 0.764. The van der Waals surface area contributed by atoms with E-state index in [-0.39, 0.29) is 5.91 Å². The Morgan fingerprint density at radius 3 is 2.71 bits per heavy atom. The Hall–Kier alpha value is -1.85. The fraction of sp³-hybridized carbons (Fsp3) is 0.188. The predicted molar refractivity (Wildman–Crippen MR) is 91.2 cm³/mol. The molecular formula is C16H16N2OS2. The first kappa shape index (κ1) is 14.1. The third-order valence-corrected chi connectivity index (χ3v) is 5.91. The molecule has 0 aliphatic carbocycles. The fourth-order valence-electron chi connectivity index (χ4n) is 2.27. The van der Waals surface area contributed by atoms with E-state index < -0.39 is 0 Å². The van der Waals surface area contributed by atoms with Crippen LogP contribution in [-0.2, 0) is 6.54 Å². The van der Waals surface area contributed by atoms with Gasteiger partial charge in [-0.15, -0.1) is 22.7 Å². The molecule has 0 saturated carbocycles. The Morgan fingerprint density at radius 2 is 2.05 bits per heavy atom. The molecule has 2 aromatic heterocycles. The topological polar surface area (TPSA) is 55.1 Å². The highest BCUT2D eigenvalue weighted by Gasteiger charge is 2.17. The maximum absolute atomic E-state index is 12.4. The molecule has 0 aliphatic rings. The Bertz CT molecular complexity index is 817. The number of amides is 1. The van der Waals surface area contributed by atoms with E-state index in [1.807, 2.05) is 30.5 Å². The van der Waals surface area contributed by atoms with Gasteiger partial charge in [-0.1, -0.05) is 18.2 Å². The van der Waals surface area contributed by atoms with Crippen molar-refractivity contribution in [2.75, 3.05) is 5.73 Å². The van der Waals surface area contributed by atoms with Crippen LogP contribution >= 0.6 is 22.7 Å². The molecule has 5 heteroatoms. The Labute approximate surface area is 131 Å². The molecule has 3 N–H and O–H groups in total. The number of thiophene rings is 2. The van der Waals surface area contributed by atoms with Gasteiger partial charge in [-0.25, -0.2) is 0 Å². The van der Waals surface area contributed by atoms with Gasteiger partial charge in [-0.2, -0.15) is 0 Å². The van der Waals surface area contributed by atoms with Gasteiger partial charge in [0.05, 0.1) is 12.2 Å². The van der Waals surface area contributed by atoms with Crippen LogP contribution in [0.3, 0.4) is 0 Å². The molecule has 0 saturated heterocycles. The van der Waals surface area contributed by atoms with Crippen LogP contribution in [0.15, 0.2) is 29.6 Å². The van der Waals surface area contributed by atoms with E-state index in [1.165, 1.54) is 21.8 Å². The highest BCUT2D eigenvalue weighted by molar-refractivity contribution is 7.21. The number of fused-ring (bicyclic) bond motifs is 1. The average Bonchev–Trinajstić information content (AvgIpc) is 3.02. The van der Waals surface area contributed by atoms with Crippen molar-refractivity contribution in [2.24, 2.45) is 0 Å². The summed E-state index contributed by atoms with van der Waals surface area (Å²) in [5.41, 5.74) is 9.08. The molecule has 0 atom stereocenters. The molecule has 2 heterocycles. The zero-order valence-corrected chi connectivity index (χ0v) is 13.5. The minimum Gasteiger partial charge on any atom is -0.397 e. The number of nitrogens with one attached hydrogen (secondary N) is 1. The largest absolute Gasteiger partial charge is 0.397 e.